The number of furan rings is 1. The summed E-state index contributed by atoms with van der Waals surface area (Å²) in [5.74, 6) is 0.687. The molecule has 148 valence electrons. The molecule has 0 aliphatic rings. The van der Waals surface area contributed by atoms with Gasteiger partial charge in [-0.05, 0) is 30.3 Å². The molecule has 5 nitrogen and oxygen atoms in total. The number of pyridine rings is 1. The van der Waals surface area contributed by atoms with E-state index in [9.17, 15) is 4.79 Å². The molecule has 1 amide bonds. The first-order valence-electron chi connectivity index (χ1n) is 9.20. The van der Waals surface area contributed by atoms with Crippen molar-refractivity contribution >= 4 is 29.0 Å². The van der Waals surface area contributed by atoms with Gasteiger partial charge in [-0.25, -0.2) is 4.57 Å². The summed E-state index contributed by atoms with van der Waals surface area (Å²) in [5, 5.41) is 4.02. The molecular weight excluding hydrogens is 477 g/mol. The van der Waals surface area contributed by atoms with E-state index in [0.29, 0.717) is 6.54 Å². The van der Waals surface area contributed by atoms with Crippen LogP contribution in [0.4, 0.5) is 0 Å². The van der Waals surface area contributed by atoms with Gasteiger partial charge in [0.05, 0.1) is 12.8 Å². The van der Waals surface area contributed by atoms with Crippen molar-refractivity contribution in [1.29, 1.82) is 0 Å². The van der Waals surface area contributed by atoms with Crippen molar-refractivity contribution in [2.75, 3.05) is 0 Å². The molecular formula is C23H22IN3O2. The van der Waals surface area contributed by atoms with Crippen LogP contribution in [0.15, 0.2) is 77.7 Å². The quantitative estimate of drug-likeness (QED) is 0.312. The van der Waals surface area contributed by atoms with Gasteiger partial charge in [0.1, 0.15) is 19.4 Å². The summed E-state index contributed by atoms with van der Waals surface area (Å²) in [5.41, 5.74) is 3.22. The second-order valence-electron chi connectivity index (χ2n) is 6.66. The van der Waals surface area contributed by atoms with Crippen molar-refractivity contribution in [2.24, 2.45) is 7.05 Å². The molecule has 0 atom stereocenters. The Bertz CT molecular complexity index is 1130. The number of nitrogens with zero attached hydrogens (tertiary/aromatic N) is 2. The highest BCUT2D eigenvalue weighted by Gasteiger charge is 2.10. The number of amides is 1. The Morgan fingerprint density at radius 3 is 2.72 bits per heavy atom. The minimum Gasteiger partial charge on any atom is -1.00 e. The number of fused-ring (bicyclic) bond motifs is 1. The zero-order chi connectivity index (χ0) is 19.3. The molecule has 0 aliphatic carbocycles. The molecule has 0 aliphatic heterocycles. The lowest BCUT2D eigenvalue weighted by Crippen LogP contribution is -3.00. The molecule has 0 bridgehead atoms. The smallest absolute Gasteiger partial charge is 0.240 e. The monoisotopic (exact) mass is 499 g/mol. The van der Waals surface area contributed by atoms with E-state index in [1.54, 1.807) is 6.26 Å². The van der Waals surface area contributed by atoms with E-state index in [-0.39, 0.29) is 36.4 Å². The van der Waals surface area contributed by atoms with Crippen LogP contribution in [0.5, 0.6) is 0 Å². The summed E-state index contributed by atoms with van der Waals surface area (Å²) in [7, 11) is 2.02. The molecule has 3 heterocycles. The van der Waals surface area contributed by atoms with Crippen molar-refractivity contribution in [3.8, 4) is 0 Å². The maximum Gasteiger partial charge on any atom is 0.240 e. The van der Waals surface area contributed by atoms with Crippen LogP contribution in [-0.4, -0.2) is 10.5 Å². The highest BCUT2D eigenvalue weighted by atomic mass is 127. The second kappa shape index (κ2) is 9.56. The maximum absolute atomic E-state index is 12.4. The van der Waals surface area contributed by atoms with Crippen molar-refractivity contribution < 1.29 is 37.8 Å². The molecule has 0 saturated carbocycles. The van der Waals surface area contributed by atoms with E-state index in [4.69, 9.17) is 4.42 Å². The first-order chi connectivity index (χ1) is 13.7. The largest absolute Gasteiger partial charge is 1.00 e. The van der Waals surface area contributed by atoms with Gasteiger partial charge >= 0.3 is 0 Å². The summed E-state index contributed by atoms with van der Waals surface area (Å²) in [6.45, 7) is 0.649. The van der Waals surface area contributed by atoms with Crippen LogP contribution in [0.3, 0.4) is 0 Å². The second-order valence-corrected chi connectivity index (χ2v) is 6.66. The Kier molecular flexibility index (Phi) is 6.87. The predicted molar refractivity (Wildman–Crippen MR) is 109 cm³/mol. The number of para-hydroxylation sites is 1. The van der Waals surface area contributed by atoms with Crippen molar-refractivity contribution in [2.45, 2.75) is 13.1 Å². The third-order valence-corrected chi connectivity index (χ3v) is 4.70. The summed E-state index contributed by atoms with van der Waals surface area (Å²) in [4.78, 5) is 12.4. The molecule has 29 heavy (non-hydrogen) atoms. The van der Waals surface area contributed by atoms with Gasteiger partial charge in [-0.2, -0.15) is 0 Å². The number of aromatic nitrogens is 2. The van der Waals surface area contributed by atoms with Crippen molar-refractivity contribution in [3.05, 3.63) is 90.3 Å². The standard InChI is InChI=1S/C23H21N3O2.HI/c1-25-13-5-4-7-19(25)12-11-18-16-26(22-10-3-2-9-21(18)22)17-23(27)24-15-20-8-6-14-28-20;/h2-14,16H,15,17H2,1H3;1H. The Hall–Kier alpha value is -2.87. The topological polar surface area (TPSA) is 51.0 Å². The number of nitrogens with one attached hydrogen (secondary N) is 1. The van der Waals surface area contributed by atoms with Crippen LogP contribution in [0.2, 0.25) is 0 Å². The molecule has 3 aromatic heterocycles. The normalized spacial score (nSPS) is 10.9. The fraction of sp³-hybridized carbons (Fsp3) is 0.130. The van der Waals surface area contributed by atoms with Gasteiger partial charge < -0.3 is 38.3 Å². The van der Waals surface area contributed by atoms with E-state index in [2.05, 4.69) is 34.2 Å². The van der Waals surface area contributed by atoms with Gasteiger partial charge in [0.25, 0.3) is 0 Å². The first kappa shape index (κ1) is 20.9. The molecule has 1 N–H and O–H groups in total. The van der Waals surface area contributed by atoms with E-state index in [1.165, 1.54) is 0 Å². The average Bonchev–Trinajstić information content (AvgIpc) is 3.34. The maximum atomic E-state index is 12.4. The number of hydrogen-bond donors (Lipinski definition) is 1. The zero-order valence-corrected chi connectivity index (χ0v) is 18.2. The Labute approximate surface area is 186 Å². The summed E-state index contributed by atoms with van der Waals surface area (Å²) >= 11 is 0. The number of carbonyl (C=O) groups excluding carboxylic acids is 1. The predicted octanol–water partition coefficient (Wildman–Crippen LogP) is 0.550. The van der Waals surface area contributed by atoms with E-state index < -0.39 is 0 Å². The lowest BCUT2D eigenvalue weighted by Gasteiger charge is -2.06. The van der Waals surface area contributed by atoms with Gasteiger partial charge in [0.15, 0.2) is 6.20 Å². The summed E-state index contributed by atoms with van der Waals surface area (Å²) in [6, 6.07) is 17.9. The number of benzene rings is 1. The minimum atomic E-state index is -0.0536. The average molecular weight is 499 g/mol. The molecule has 4 aromatic rings. The molecule has 6 heteroatoms. The number of carbonyl (C=O) groups is 1. The highest BCUT2D eigenvalue weighted by Crippen LogP contribution is 2.23. The van der Waals surface area contributed by atoms with Crippen LogP contribution >= 0.6 is 0 Å². The van der Waals surface area contributed by atoms with Crippen LogP contribution in [0.1, 0.15) is 17.0 Å². The van der Waals surface area contributed by atoms with Crippen molar-refractivity contribution in [3.63, 3.8) is 0 Å². The van der Waals surface area contributed by atoms with E-state index >= 15 is 0 Å². The van der Waals surface area contributed by atoms with Gasteiger partial charge in [0, 0.05) is 40.9 Å². The van der Waals surface area contributed by atoms with Gasteiger partial charge in [-0.3, -0.25) is 4.79 Å². The third kappa shape index (κ3) is 4.95. The van der Waals surface area contributed by atoms with E-state index in [0.717, 1.165) is 27.9 Å². The number of rotatable bonds is 6. The molecule has 4 rings (SSSR count). The lowest BCUT2D eigenvalue weighted by atomic mass is 10.1. The summed E-state index contributed by atoms with van der Waals surface area (Å²) in [6.07, 6.45) is 9.83. The molecule has 0 fully saturated rings. The van der Waals surface area contributed by atoms with Gasteiger partial charge in [-0.1, -0.05) is 18.2 Å². The Morgan fingerprint density at radius 2 is 1.93 bits per heavy atom. The highest BCUT2D eigenvalue weighted by molar-refractivity contribution is 5.92. The van der Waals surface area contributed by atoms with Gasteiger partial charge in [-0.15, -0.1) is 0 Å². The zero-order valence-electron chi connectivity index (χ0n) is 16.1. The Balaban J connectivity index is 0.00000240. The minimum absolute atomic E-state index is 0. The van der Waals surface area contributed by atoms with Crippen LogP contribution in [0.25, 0.3) is 23.1 Å². The van der Waals surface area contributed by atoms with Crippen LogP contribution in [0, 0.1) is 0 Å². The third-order valence-electron chi connectivity index (χ3n) is 4.70. The molecule has 0 spiro atoms. The molecule has 0 unspecified atom stereocenters. The number of hydrogen-bond acceptors (Lipinski definition) is 2. The fourth-order valence-electron chi connectivity index (χ4n) is 3.23. The summed E-state index contributed by atoms with van der Waals surface area (Å²) < 4.78 is 9.31. The molecule has 1 aromatic carbocycles. The first-order valence-corrected chi connectivity index (χ1v) is 9.20. The van der Waals surface area contributed by atoms with E-state index in [1.807, 2.05) is 66.5 Å². The van der Waals surface area contributed by atoms with Gasteiger partial charge in [0.2, 0.25) is 11.6 Å². The fourth-order valence-corrected chi connectivity index (χ4v) is 3.23. The lowest BCUT2D eigenvalue weighted by molar-refractivity contribution is -0.673. The number of aryl methyl sites for hydroxylation is 1. The Morgan fingerprint density at radius 1 is 1.10 bits per heavy atom. The number of halogens is 1. The van der Waals surface area contributed by atoms with Crippen molar-refractivity contribution in [1.82, 2.24) is 9.88 Å². The van der Waals surface area contributed by atoms with Crippen LogP contribution < -0.4 is 33.9 Å². The molecule has 0 radical (unpaired) electrons. The molecule has 0 saturated heterocycles. The SMILES string of the molecule is C[n+]1ccccc1/C=C/c1cn(CC(=O)NCc2ccco2)c2ccccc12.[I-]. The van der Waals surface area contributed by atoms with Crippen LogP contribution in [-0.2, 0) is 24.9 Å².